The highest BCUT2D eigenvalue weighted by molar-refractivity contribution is 6.30. The molecule has 4 nitrogen and oxygen atoms in total. The normalized spacial score (nSPS) is 11.3. The molecule has 138 valence electrons. The van der Waals surface area contributed by atoms with E-state index in [1.54, 1.807) is 31.2 Å². The SMILES string of the molecule is Cc1nc(-c2ccc(C(F)(F)F)cc2)ncc1C(=O)Nc1ccc(Cl)cc1. The molecule has 3 aromatic rings. The summed E-state index contributed by atoms with van der Waals surface area (Å²) in [6.45, 7) is 1.63. The molecule has 0 fully saturated rings. The molecule has 8 heteroatoms. The van der Waals surface area contributed by atoms with Gasteiger partial charge in [0.15, 0.2) is 5.82 Å². The summed E-state index contributed by atoms with van der Waals surface area (Å²) in [4.78, 5) is 20.7. The summed E-state index contributed by atoms with van der Waals surface area (Å²) >= 11 is 5.81. The fourth-order valence-electron chi connectivity index (χ4n) is 2.37. The maximum absolute atomic E-state index is 12.6. The molecule has 3 rings (SSSR count). The van der Waals surface area contributed by atoms with E-state index in [0.29, 0.717) is 22.0 Å². The van der Waals surface area contributed by atoms with E-state index < -0.39 is 17.6 Å². The number of hydrogen-bond acceptors (Lipinski definition) is 3. The number of hydrogen-bond donors (Lipinski definition) is 1. The Balaban J connectivity index is 1.81. The number of carbonyl (C=O) groups excluding carboxylic acids is 1. The average Bonchev–Trinajstić information content (AvgIpc) is 2.63. The quantitative estimate of drug-likeness (QED) is 0.652. The van der Waals surface area contributed by atoms with E-state index in [1.807, 2.05) is 0 Å². The molecule has 0 radical (unpaired) electrons. The first-order chi connectivity index (χ1) is 12.7. The van der Waals surface area contributed by atoms with Gasteiger partial charge in [-0.3, -0.25) is 4.79 Å². The van der Waals surface area contributed by atoms with Gasteiger partial charge in [-0.25, -0.2) is 9.97 Å². The van der Waals surface area contributed by atoms with E-state index in [4.69, 9.17) is 11.6 Å². The lowest BCUT2D eigenvalue weighted by Gasteiger charge is -2.10. The lowest BCUT2D eigenvalue weighted by Crippen LogP contribution is -2.15. The molecular formula is C19H13ClF3N3O. The topological polar surface area (TPSA) is 54.9 Å². The minimum absolute atomic E-state index is 0.240. The predicted molar refractivity (Wildman–Crippen MR) is 96.6 cm³/mol. The summed E-state index contributed by atoms with van der Waals surface area (Å²) in [5.41, 5.74) is 0.917. The average molecular weight is 392 g/mol. The number of carbonyl (C=O) groups is 1. The van der Waals surface area contributed by atoms with Crippen LogP contribution in [0.25, 0.3) is 11.4 Å². The molecule has 27 heavy (non-hydrogen) atoms. The second kappa shape index (κ2) is 7.36. The summed E-state index contributed by atoms with van der Waals surface area (Å²) in [6.07, 6.45) is -3.06. The number of nitrogens with zero attached hydrogens (tertiary/aromatic N) is 2. The Hall–Kier alpha value is -2.93. The standard InChI is InChI=1S/C19H13ClF3N3O/c1-11-16(18(27)26-15-8-6-14(20)7-9-15)10-24-17(25-11)12-2-4-13(5-3-12)19(21,22)23/h2-10H,1H3,(H,26,27). The molecule has 0 saturated heterocycles. The molecule has 1 N–H and O–H groups in total. The third-order valence-corrected chi connectivity index (χ3v) is 4.05. The molecule has 0 aliphatic rings. The third-order valence-electron chi connectivity index (χ3n) is 3.80. The molecule has 1 amide bonds. The molecule has 1 heterocycles. The highest BCUT2D eigenvalue weighted by Crippen LogP contribution is 2.30. The van der Waals surface area contributed by atoms with E-state index in [2.05, 4.69) is 15.3 Å². The third kappa shape index (κ3) is 4.43. The predicted octanol–water partition coefficient (Wildman–Crippen LogP) is 5.38. The molecule has 0 aliphatic heterocycles. The van der Waals surface area contributed by atoms with Crippen molar-refractivity contribution in [3.63, 3.8) is 0 Å². The van der Waals surface area contributed by atoms with Gasteiger partial charge in [-0.15, -0.1) is 0 Å². The number of rotatable bonds is 3. The Bertz CT molecular complexity index is 971. The zero-order valence-corrected chi connectivity index (χ0v) is 14.8. The van der Waals surface area contributed by atoms with Crippen molar-refractivity contribution in [3.05, 3.63) is 76.6 Å². The van der Waals surface area contributed by atoms with Crippen LogP contribution in [0.3, 0.4) is 0 Å². The van der Waals surface area contributed by atoms with Crippen LogP contribution in [-0.2, 0) is 6.18 Å². The maximum atomic E-state index is 12.6. The monoisotopic (exact) mass is 391 g/mol. The lowest BCUT2D eigenvalue weighted by atomic mass is 10.1. The van der Waals surface area contributed by atoms with E-state index in [9.17, 15) is 18.0 Å². The smallest absolute Gasteiger partial charge is 0.322 e. The Labute approximate surface area is 158 Å². The van der Waals surface area contributed by atoms with Crippen molar-refractivity contribution in [2.24, 2.45) is 0 Å². The van der Waals surface area contributed by atoms with E-state index >= 15 is 0 Å². The first-order valence-corrected chi connectivity index (χ1v) is 8.20. The molecule has 2 aromatic carbocycles. The fourth-order valence-corrected chi connectivity index (χ4v) is 2.49. The minimum Gasteiger partial charge on any atom is -0.322 e. The van der Waals surface area contributed by atoms with Gasteiger partial charge in [-0.05, 0) is 43.3 Å². The van der Waals surface area contributed by atoms with Gasteiger partial charge in [0.05, 0.1) is 16.8 Å². The zero-order valence-electron chi connectivity index (χ0n) is 14.0. The van der Waals surface area contributed by atoms with Crippen molar-refractivity contribution >= 4 is 23.2 Å². The maximum Gasteiger partial charge on any atom is 0.416 e. The summed E-state index contributed by atoms with van der Waals surface area (Å²) < 4.78 is 37.9. The van der Waals surface area contributed by atoms with Crippen LogP contribution in [0.4, 0.5) is 18.9 Å². The molecule has 0 aliphatic carbocycles. The number of alkyl halides is 3. The Kier molecular flexibility index (Phi) is 5.14. The van der Waals surface area contributed by atoms with Gasteiger partial charge in [0.25, 0.3) is 5.91 Å². The highest BCUT2D eigenvalue weighted by atomic mass is 35.5. The fraction of sp³-hybridized carbons (Fsp3) is 0.105. The van der Waals surface area contributed by atoms with Crippen molar-refractivity contribution < 1.29 is 18.0 Å². The number of anilines is 1. The largest absolute Gasteiger partial charge is 0.416 e. The molecule has 0 atom stereocenters. The highest BCUT2D eigenvalue weighted by Gasteiger charge is 2.30. The van der Waals surface area contributed by atoms with Gasteiger partial charge in [0, 0.05) is 22.5 Å². The molecule has 0 unspecified atom stereocenters. The van der Waals surface area contributed by atoms with Crippen LogP contribution in [0.15, 0.2) is 54.7 Å². The van der Waals surface area contributed by atoms with Crippen LogP contribution in [0.2, 0.25) is 5.02 Å². The Morgan fingerprint density at radius 2 is 1.67 bits per heavy atom. The second-order valence-corrected chi connectivity index (χ2v) is 6.17. The van der Waals surface area contributed by atoms with Crippen molar-refractivity contribution in [2.75, 3.05) is 5.32 Å². The van der Waals surface area contributed by atoms with Gasteiger partial charge in [0.1, 0.15) is 0 Å². The number of halogens is 4. The van der Waals surface area contributed by atoms with Gasteiger partial charge in [0.2, 0.25) is 0 Å². The van der Waals surface area contributed by atoms with E-state index in [0.717, 1.165) is 12.1 Å². The van der Waals surface area contributed by atoms with Gasteiger partial charge in [-0.1, -0.05) is 23.7 Å². The van der Waals surface area contributed by atoms with Crippen LogP contribution in [0, 0.1) is 6.92 Å². The number of nitrogens with one attached hydrogen (secondary N) is 1. The number of amides is 1. The molecule has 0 spiro atoms. The van der Waals surface area contributed by atoms with Crippen molar-refractivity contribution in [3.8, 4) is 11.4 Å². The first kappa shape index (κ1) is 18.8. The van der Waals surface area contributed by atoms with Crippen molar-refractivity contribution in [1.29, 1.82) is 0 Å². The summed E-state index contributed by atoms with van der Waals surface area (Å²) in [7, 11) is 0. The second-order valence-electron chi connectivity index (χ2n) is 5.73. The molecular weight excluding hydrogens is 379 g/mol. The summed E-state index contributed by atoms with van der Waals surface area (Å²) in [5, 5.41) is 3.26. The van der Waals surface area contributed by atoms with Gasteiger partial charge >= 0.3 is 6.18 Å². The van der Waals surface area contributed by atoms with Crippen LogP contribution in [0.5, 0.6) is 0 Å². The molecule has 1 aromatic heterocycles. The molecule has 0 saturated carbocycles. The Morgan fingerprint density at radius 3 is 2.22 bits per heavy atom. The lowest BCUT2D eigenvalue weighted by molar-refractivity contribution is -0.137. The van der Waals surface area contributed by atoms with Gasteiger partial charge < -0.3 is 5.32 Å². The first-order valence-electron chi connectivity index (χ1n) is 7.82. The molecule has 0 bridgehead atoms. The van der Waals surface area contributed by atoms with Crippen LogP contribution in [-0.4, -0.2) is 15.9 Å². The Morgan fingerprint density at radius 1 is 1.04 bits per heavy atom. The summed E-state index contributed by atoms with van der Waals surface area (Å²) in [5.74, 6) is -0.155. The van der Waals surface area contributed by atoms with Crippen molar-refractivity contribution in [1.82, 2.24) is 9.97 Å². The van der Waals surface area contributed by atoms with Gasteiger partial charge in [-0.2, -0.15) is 13.2 Å². The van der Waals surface area contributed by atoms with Crippen LogP contribution < -0.4 is 5.32 Å². The van der Waals surface area contributed by atoms with Crippen molar-refractivity contribution in [2.45, 2.75) is 13.1 Å². The minimum atomic E-state index is -4.40. The number of aryl methyl sites for hydroxylation is 1. The van der Waals surface area contributed by atoms with Crippen LogP contribution in [0.1, 0.15) is 21.6 Å². The van der Waals surface area contributed by atoms with E-state index in [-0.39, 0.29) is 11.4 Å². The summed E-state index contributed by atoms with van der Waals surface area (Å²) in [6, 6.07) is 11.1. The number of benzene rings is 2. The van der Waals surface area contributed by atoms with E-state index in [1.165, 1.54) is 18.3 Å². The number of aromatic nitrogens is 2. The zero-order chi connectivity index (χ0) is 19.6. The van der Waals surface area contributed by atoms with Crippen LogP contribution >= 0.6 is 11.6 Å².